The van der Waals surface area contributed by atoms with E-state index in [-0.39, 0.29) is 0 Å². The lowest BCUT2D eigenvalue weighted by Gasteiger charge is -2.39. The zero-order valence-corrected chi connectivity index (χ0v) is 12.5. The molecular weight excluding hydrogens is 222 g/mol. The van der Waals surface area contributed by atoms with Gasteiger partial charge in [-0.25, -0.2) is 0 Å². The summed E-state index contributed by atoms with van der Waals surface area (Å²) < 4.78 is 0. The molecule has 0 radical (unpaired) electrons. The predicted molar refractivity (Wildman–Crippen MR) is 78.0 cm³/mol. The highest BCUT2D eigenvalue weighted by molar-refractivity contribution is 4.86. The molecule has 0 aromatic rings. The topological polar surface area (TPSA) is 18.5 Å². The van der Waals surface area contributed by atoms with Gasteiger partial charge in [0.2, 0.25) is 0 Å². The first-order valence-electron chi connectivity index (χ1n) is 7.92. The Labute approximate surface area is 113 Å². The Morgan fingerprint density at radius 3 is 2.61 bits per heavy atom. The van der Waals surface area contributed by atoms with Crippen LogP contribution in [0.5, 0.6) is 0 Å². The maximum Gasteiger partial charge on any atom is 0.00939 e. The summed E-state index contributed by atoms with van der Waals surface area (Å²) >= 11 is 0. The normalized spacial score (nSPS) is 35.2. The number of nitrogens with one attached hydrogen (secondary N) is 1. The molecule has 0 amide bonds. The van der Waals surface area contributed by atoms with Crippen molar-refractivity contribution in [3.63, 3.8) is 0 Å². The summed E-state index contributed by atoms with van der Waals surface area (Å²) in [5.41, 5.74) is 0. The number of likely N-dealkylation sites (tertiary alicyclic amines) is 2. The van der Waals surface area contributed by atoms with Gasteiger partial charge < -0.3 is 15.1 Å². The van der Waals surface area contributed by atoms with Gasteiger partial charge in [-0.05, 0) is 58.3 Å². The summed E-state index contributed by atoms with van der Waals surface area (Å²) in [6, 6.07) is 1.52. The molecule has 0 saturated carbocycles. The van der Waals surface area contributed by atoms with Crippen LogP contribution in [-0.4, -0.2) is 61.2 Å². The maximum atomic E-state index is 3.61. The van der Waals surface area contributed by atoms with E-state index in [0.717, 1.165) is 24.5 Å². The lowest BCUT2D eigenvalue weighted by Crippen LogP contribution is -2.49. The maximum absolute atomic E-state index is 3.61. The summed E-state index contributed by atoms with van der Waals surface area (Å²) in [5.74, 6) is 0.920. The second kappa shape index (κ2) is 6.88. The van der Waals surface area contributed by atoms with Crippen molar-refractivity contribution in [3.05, 3.63) is 0 Å². The van der Waals surface area contributed by atoms with Gasteiger partial charge in [-0.3, -0.25) is 0 Å². The molecular formula is C15H31N3. The van der Waals surface area contributed by atoms with E-state index in [1.54, 1.807) is 0 Å². The Balaban J connectivity index is 1.74. The molecule has 3 nitrogen and oxygen atoms in total. The molecule has 3 unspecified atom stereocenters. The molecule has 0 spiro atoms. The molecule has 2 aliphatic heterocycles. The zero-order chi connectivity index (χ0) is 13.0. The molecule has 0 aliphatic carbocycles. The second-order valence-electron chi connectivity index (χ2n) is 6.17. The minimum atomic E-state index is 0.761. The molecule has 2 heterocycles. The van der Waals surface area contributed by atoms with Crippen LogP contribution in [0.4, 0.5) is 0 Å². The van der Waals surface area contributed by atoms with Gasteiger partial charge >= 0.3 is 0 Å². The van der Waals surface area contributed by atoms with Crippen molar-refractivity contribution < 1.29 is 0 Å². The highest BCUT2D eigenvalue weighted by atomic mass is 15.2. The Kier molecular flexibility index (Phi) is 5.46. The molecule has 3 heteroatoms. The summed E-state index contributed by atoms with van der Waals surface area (Å²) in [6.07, 6.45) is 4.08. The molecule has 2 fully saturated rings. The standard InChI is InChI=1S/C15H31N3/c1-4-16-15-7-9-18(13(3)10-15)12-14-6-8-17(5-2)11-14/h13-16H,4-12H2,1-3H3. The van der Waals surface area contributed by atoms with Crippen LogP contribution < -0.4 is 5.32 Å². The third-order valence-corrected chi connectivity index (χ3v) is 4.82. The first kappa shape index (κ1) is 14.3. The van der Waals surface area contributed by atoms with Crippen LogP contribution in [0, 0.1) is 5.92 Å². The lowest BCUT2D eigenvalue weighted by molar-refractivity contribution is 0.117. The fourth-order valence-corrected chi connectivity index (χ4v) is 3.65. The Bertz CT molecular complexity index is 244. The first-order valence-corrected chi connectivity index (χ1v) is 7.92. The van der Waals surface area contributed by atoms with Crippen LogP contribution in [0.2, 0.25) is 0 Å². The summed E-state index contributed by atoms with van der Waals surface area (Å²) in [5, 5.41) is 3.61. The zero-order valence-electron chi connectivity index (χ0n) is 12.5. The minimum Gasteiger partial charge on any atom is -0.314 e. The van der Waals surface area contributed by atoms with E-state index in [2.05, 4.69) is 35.9 Å². The SMILES string of the molecule is CCNC1CCN(CC2CCN(CC)C2)C(C)C1. The molecule has 2 saturated heterocycles. The van der Waals surface area contributed by atoms with E-state index < -0.39 is 0 Å². The Morgan fingerprint density at radius 2 is 2.00 bits per heavy atom. The third-order valence-electron chi connectivity index (χ3n) is 4.82. The molecule has 0 aromatic carbocycles. The van der Waals surface area contributed by atoms with Crippen molar-refractivity contribution in [1.29, 1.82) is 0 Å². The number of piperidine rings is 1. The molecule has 18 heavy (non-hydrogen) atoms. The van der Waals surface area contributed by atoms with Crippen molar-refractivity contribution in [3.8, 4) is 0 Å². The van der Waals surface area contributed by atoms with E-state index in [9.17, 15) is 0 Å². The molecule has 0 bridgehead atoms. The van der Waals surface area contributed by atoms with Gasteiger partial charge in [-0.15, -0.1) is 0 Å². The monoisotopic (exact) mass is 253 g/mol. The summed E-state index contributed by atoms with van der Waals surface area (Å²) in [7, 11) is 0. The molecule has 0 aromatic heterocycles. The molecule has 2 rings (SSSR count). The summed E-state index contributed by atoms with van der Waals surface area (Å²) in [4.78, 5) is 5.33. The molecule has 3 atom stereocenters. The fraction of sp³-hybridized carbons (Fsp3) is 1.00. The minimum absolute atomic E-state index is 0.761. The quantitative estimate of drug-likeness (QED) is 0.806. The van der Waals surface area contributed by atoms with E-state index >= 15 is 0 Å². The van der Waals surface area contributed by atoms with Crippen molar-refractivity contribution in [1.82, 2.24) is 15.1 Å². The first-order chi connectivity index (χ1) is 8.72. The van der Waals surface area contributed by atoms with Crippen LogP contribution in [0.3, 0.4) is 0 Å². The predicted octanol–water partition coefficient (Wildman–Crippen LogP) is 1.79. The number of hydrogen-bond donors (Lipinski definition) is 1. The molecule has 106 valence electrons. The summed E-state index contributed by atoms with van der Waals surface area (Å²) in [6.45, 7) is 14.5. The Hall–Kier alpha value is -0.120. The fourth-order valence-electron chi connectivity index (χ4n) is 3.65. The average molecular weight is 253 g/mol. The van der Waals surface area contributed by atoms with Crippen LogP contribution in [0.25, 0.3) is 0 Å². The highest BCUT2D eigenvalue weighted by Crippen LogP contribution is 2.22. The highest BCUT2D eigenvalue weighted by Gasteiger charge is 2.29. The van der Waals surface area contributed by atoms with Gasteiger partial charge in [0.25, 0.3) is 0 Å². The smallest absolute Gasteiger partial charge is 0.00939 e. The van der Waals surface area contributed by atoms with Gasteiger partial charge in [0.15, 0.2) is 0 Å². The van der Waals surface area contributed by atoms with Crippen molar-refractivity contribution >= 4 is 0 Å². The van der Waals surface area contributed by atoms with Gasteiger partial charge in [0.1, 0.15) is 0 Å². The van der Waals surface area contributed by atoms with Gasteiger partial charge in [-0.1, -0.05) is 13.8 Å². The van der Waals surface area contributed by atoms with E-state index in [1.165, 1.54) is 52.0 Å². The second-order valence-corrected chi connectivity index (χ2v) is 6.17. The van der Waals surface area contributed by atoms with Crippen LogP contribution in [0.15, 0.2) is 0 Å². The number of nitrogens with zero attached hydrogens (tertiary/aromatic N) is 2. The lowest BCUT2D eigenvalue weighted by atomic mass is 9.96. The third kappa shape index (κ3) is 3.69. The van der Waals surface area contributed by atoms with Crippen LogP contribution in [-0.2, 0) is 0 Å². The van der Waals surface area contributed by atoms with Gasteiger partial charge in [-0.2, -0.15) is 0 Å². The van der Waals surface area contributed by atoms with E-state index in [0.29, 0.717) is 0 Å². The molecule has 2 aliphatic rings. The van der Waals surface area contributed by atoms with Gasteiger partial charge in [0, 0.05) is 25.2 Å². The number of rotatable bonds is 5. The van der Waals surface area contributed by atoms with E-state index in [1.807, 2.05) is 0 Å². The van der Waals surface area contributed by atoms with Crippen molar-refractivity contribution in [2.24, 2.45) is 5.92 Å². The van der Waals surface area contributed by atoms with Gasteiger partial charge in [0.05, 0.1) is 0 Å². The van der Waals surface area contributed by atoms with Crippen LogP contribution in [0.1, 0.15) is 40.0 Å². The van der Waals surface area contributed by atoms with Crippen LogP contribution >= 0.6 is 0 Å². The van der Waals surface area contributed by atoms with Crippen molar-refractivity contribution in [2.45, 2.75) is 52.1 Å². The molecule has 1 N–H and O–H groups in total. The largest absolute Gasteiger partial charge is 0.314 e. The number of hydrogen-bond acceptors (Lipinski definition) is 3. The Morgan fingerprint density at radius 1 is 1.17 bits per heavy atom. The average Bonchev–Trinajstić information content (AvgIpc) is 2.81. The van der Waals surface area contributed by atoms with E-state index in [4.69, 9.17) is 0 Å². The van der Waals surface area contributed by atoms with Crippen molar-refractivity contribution in [2.75, 3.05) is 39.3 Å².